The number of likely N-dealkylation sites (N-methyl/N-ethyl adjacent to an activating group) is 1. The van der Waals surface area contributed by atoms with Crippen molar-refractivity contribution in [3.8, 4) is 0 Å². The zero-order chi connectivity index (χ0) is 7.56. The maximum Gasteiger partial charge on any atom is 0.0958 e. The Hall–Kier alpha value is -0.120. The monoisotopic (exact) mass is 145 g/mol. The van der Waals surface area contributed by atoms with Crippen molar-refractivity contribution in [2.75, 3.05) is 26.7 Å². The topological polar surface area (TPSA) is 32.7 Å². The molecule has 0 amide bonds. The van der Waals surface area contributed by atoms with E-state index in [2.05, 4.69) is 4.90 Å². The summed E-state index contributed by atoms with van der Waals surface area (Å²) >= 11 is 0. The molecular weight excluding hydrogens is 130 g/mol. The van der Waals surface area contributed by atoms with Crippen molar-refractivity contribution in [1.29, 1.82) is 0 Å². The quantitative estimate of drug-likeness (QED) is 0.550. The average Bonchev–Trinajstić information content (AvgIpc) is 1.88. The van der Waals surface area contributed by atoms with E-state index < -0.39 is 0 Å². The second-order valence-corrected chi connectivity index (χ2v) is 2.91. The summed E-state index contributed by atoms with van der Waals surface area (Å²) in [4.78, 5) is 2.17. The first-order valence-corrected chi connectivity index (χ1v) is 3.68. The van der Waals surface area contributed by atoms with Crippen LogP contribution in [0.3, 0.4) is 0 Å². The fourth-order valence-corrected chi connectivity index (χ4v) is 1.10. The smallest absolute Gasteiger partial charge is 0.0958 e. The van der Waals surface area contributed by atoms with Gasteiger partial charge in [0.1, 0.15) is 0 Å². The van der Waals surface area contributed by atoms with Crippen LogP contribution in [-0.2, 0) is 4.74 Å². The zero-order valence-electron chi connectivity index (χ0n) is 6.58. The van der Waals surface area contributed by atoms with Crippen LogP contribution in [0.25, 0.3) is 0 Å². The van der Waals surface area contributed by atoms with Crippen molar-refractivity contribution in [3.05, 3.63) is 0 Å². The Balaban J connectivity index is 2.32. The van der Waals surface area contributed by atoms with Gasteiger partial charge >= 0.3 is 0 Å². The number of aliphatic hydroxyl groups excluding tert-OH is 1. The first-order chi connectivity index (χ1) is 4.70. The predicted octanol–water partition coefficient (Wildman–Crippen LogP) is -0.302. The first kappa shape index (κ1) is 7.98. The average molecular weight is 145 g/mol. The summed E-state index contributed by atoms with van der Waals surface area (Å²) in [5.41, 5.74) is 0. The van der Waals surface area contributed by atoms with Crippen LogP contribution in [0.5, 0.6) is 0 Å². The second kappa shape index (κ2) is 3.32. The minimum Gasteiger partial charge on any atom is -0.391 e. The van der Waals surface area contributed by atoms with Crippen LogP contribution in [0, 0.1) is 0 Å². The van der Waals surface area contributed by atoms with Gasteiger partial charge in [0.2, 0.25) is 0 Å². The molecule has 1 aliphatic rings. The molecule has 0 aromatic rings. The SMILES string of the molecule is C[C@@H](O)[C@H]1CN(C)CCO1. The molecule has 0 aliphatic carbocycles. The number of rotatable bonds is 1. The number of aliphatic hydroxyl groups is 1. The lowest BCUT2D eigenvalue weighted by Crippen LogP contribution is -2.44. The Morgan fingerprint density at radius 1 is 1.70 bits per heavy atom. The molecule has 3 heteroatoms. The molecule has 1 rings (SSSR count). The zero-order valence-corrected chi connectivity index (χ0v) is 6.58. The summed E-state index contributed by atoms with van der Waals surface area (Å²) in [6.07, 6.45) is -0.332. The molecule has 1 saturated heterocycles. The van der Waals surface area contributed by atoms with Crippen LogP contribution in [0.15, 0.2) is 0 Å². The molecule has 1 fully saturated rings. The number of morpholine rings is 1. The number of nitrogens with zero attached hydrogens (tertiary/aromatic N) is 1. The van der Waals surface area contributed by atoms with Crippen LogP contribution in [-0.4, -0.2) is 49.0 Å². The number of hydrogen-bond donors (Lipinski definition) is 1. The van der Waals surface area contributed by atoms with Gasteiger partial charge in [0.25, 0.3) is 0 Å². The normalized spacial score (nSPS) is 32.1. The third kappa shape index (κ3) is 1.94. The Kier molecular flexibility index (Phi) is 2.65. The molecule has 0 aromatic heterocycles. The Labute approximate surface area is 61.6 Å². The summed E-state index contributed by atoms with van der Waals surface area (Å²) < 4.78 is 5.32. The fraction of sp³-hybridized carbons (Fsp3) is 1.00. The summed E-state index contributed by atoms with van der Waals surface area (Å²) in [5.74, 6) is 0. The number of hydrogen-bond acceptors (Lipinski definition) is 3. The van der Waals surface area contributed by atoms with Crippen molar-refractivity contribution in [2.24, 2.45) is 0 Å². The molecule has 0 bridgehead atoms. The molecule has 2 atom stereocenters. The van der Waals surface area contributed by atoms with E-state index in [0.29, 0.717) is 0 Å². The summed E-state index contributed by atoms with van der Waals surface area (Å²) in [6.45, 7) is 4.33. The highest BCUT2D eigenvalue weighted by molar-refractivity contribution is 4.72. The third-order valence-electron chi connectivity index (χ3n) is 1.83. The maximum atomic E-state index is 9.14. The van der Waals surface area contributed by atoms with E-state index >= 15 is 0 Å². The summed E-state index contributed by atoms with van der Waals surface area (Å²) in [7, 11) is 2.04. The molecule has 0 saturated carbocycles. The minimum atomic E-state index is -0.345. The van der Waals surface area contributed by atoms with Crippen LogP contribution < -0.4 is 0 Å². The van der Waals surface area contributed by atoms with Crippen LogP contribution in [0.2, 0.25) is 0 Å². The van der Waals surface area contributed by atoms with Gasteiger partial charge in [-0.3, -0.25) is 0 Å². The molecule has 1 aliphatic heterocycles. The van der Waals surface area contributed by atoms with Gasteiger partial charge in [-0.15, -0.1) is 0 Å². The van der Waals surface area contributed by atoms with Gasteiger partial charge in [0, 0.05) is 13.1 Å². The Morgan fingerprint density at radius 2 is 2.40 bits per heavy atom. The molecule has 10 heavy (non-hydrogen) atoms. The van der Waals surface area contributed by atoms with E-state index in [0.717, 1.165) is 19.7 Å². The van der Waals surface area contributed by atoms with Gasteiger partial charge in [-0.2, -0.15) is 0 Å². The molecule has 1 N–H and O–H groups in total. The Morgan fingerprint density at radius 3 is 2.80 bits per heavy atom. The highest BCUT2D eigenvalue weighted by Gasteiger charge is 2.21. The van der Waals surface area contributed by atoms with Crippen molar-refractivity contribution >= 4 is 0 Å². The first-order valence-electron chi connectivity index (χ1n) is 3.68. The lowest BCUT2D eigenvalue weighted by Gasteiger charge is -2.31. The molecule has 3 nitrogen and oxygen atoms in total. The summed E-state index contributed by atoms with van der Waals surface area (Å²) in [5, 5.41) is 9.14. The molecule has 0 radical (unpaired) electrons. The van der Waals surface area contributed by atoms with E-state index in [9.17, 15) is 0 Å². The molecule has 0 unspecified atom stereocenters. The maximum absolute atomic E-state index is 9.14. The van der Waals surface area contributed by atoms with Gasteiger partial charge < -0.3 is 14.7 Å². The largest absolute Gasteiger partial charge is 0.391 e. The van der Waals surface area contributed by atoms with Crippen molar-refractivity contribution in [3.63, 3.8) is 0 Å². The van der Waals surface area contributed by atoms with Crippen LogP contribution in [0.1, 0.15) is 6.92 Å². The highest BCUT2D eigenvalue weighted by Crippen LogP contribution is 2.06. The van der Waals surface area contributed by atoms with Gasteiger partial charge in [-0.05, 0) is 14.0 Å². The minimum absolute atomic E-state index is 0.0127. The predicted molar refractivity (Wildman–Crippen MR) is 38.9 cm³/mol. The Bertz CT molecular complexity index is 106. The van der Waals surface area contributed by atoms with E-state index in [1.807, 2.05) is 7.05 Å². The molecule has 0 spiro atoms. The fourth-order valence-electron chi connectivity index (χ4n) is 1.10. The van der Waals surface area contributed by atoms with E-state index in [1.54, 1.807) is 6.92 Å². The molecule has 60 valence electrons. The molecular formula is C7H15NO2. The van der Waals surface area contributed by atoms with Gasteiger partial charge in [0.15, 0.2) is 0 Å². The lowest BCUT2D eigenvalue weighted by molar-refractivity contribution is -0.0767. The third-order valence-corrected chi connectivity index (χ3v) is 1.83. The van der Waals surface area contributed by atoms with Gasteiger partial charge in [-0.25, -0.2) is 0 Å². The van der Waals surface area contributed by atoms with E-state index in [1.165, 1.54) is 0 Å². The van der Waals surface area contributed by atoms with Crippen LogP contribution in [0.4, 0.5) is 0 Å². The highest BCUT2D eigenvalue weighted by atomic mass is 16.5. The standard InChI is InChI=1S/C7H15NO2/c1-6(9)7-5-8(2)3-4-10-7/h6-7,9H,3-5H2,1-2H3/t6-,7-/m1/s1. The van der Waals surface area contributed by atoms with E-state index in [4.69, 9.17) is 9.84 Å². The summed E-state index contributed by atoms with van der Waals surface area (Å²) in [6, 6.07) is 0. The van der Waals surface area contributed by atoms with Crippen LogP contribution >= 0.6 is 0 Å². The molecule has 1 heterocycles. The number of ether oxygens (including phenoxy) is 1. The van der Waals surface area contributed by atoms with Crippen molar-refractivity contribution < 1.29 is 9.84 Å². The molecule has 0 aromatic carbocycles. The van der Waals surface area contributed by atoms with Crippen molar-refractivity contribution in [1.82, 2.24) is 4.90 Å². The van der Waals surface area contributed by atoms with Gasteiger partial charge in [-0.1, -0.05) is 0 Å². The van der Waals surface area contributed by atoms with Gasteiger partial charge in [0.05, 0.1) is 18.8 Å². The second-order valence-electron chi connectivity index (χ2n) is 2.91. The van der Waals surface area contributed by atoms with E-state index in [-0.39, 0.29) is 12.2 Å². The van der Waals surface area contributed by atoms with Crippen molar-refractivity contribution in [2.45, 2.75) is 19.1 Å². The lowest BCUT2D eigenvalue weighted by atomic mass is 10.2.